The van der Waals surface area contributed by atoms with Crippen molar-refractivity contribution in [2.45, 2.75) is 13.8 Å². The highest BCUT2D eigenvalue weighted by molar-refractivity contribution is 7.14. The normalized spacial score (nSPS) is 11.1. The third-order valence-corrected chi connectivity index (χ3v) is 4.77. The first-order valence-electron chi connectivity index (χ1n) is 8.48. The summed E-state index contributed by atoms with van der Waals surface area (Å²) in [5, 5.41) is 10.3. The number of aromatic nitrogens is 3. The maximum atomic E-state index is 12.4. The van der Waals surface area contributed by atoms with Gasteiger partial charge in [0.05, 0.1) is 6.61 Å². The fourth-order valence-electron chi connectivity index (χ4n) is 2.86. The lowest BCUT2D eigenvalue weighted by Gasteiger charge is -2.02. The lowest BCUT2D eigenvalue weighted by atomic mass is 10.2. The number of fused-ring (bicyclic) bond motifs is 1. The summed E-state index contributed by atoms with van der Waals surface area (Å²) in [6, 6.07) is 7.68. The molecule has 0 saturated heterocycles. The fraction of sp³-hybridized carbons (Fsp3) is 0.211. The summed E-state index contributed by atoms with van der Waals surface area (Å²) in [7, 11) is 1.78. The zero-order valence-corrected chi connectivity index (χ0v) is 16.0. The maximum absolute atomic E-state index is 12.4. The van der Waals surface area contributed by atoms with E-state index in [0.717, 1.165) is 10.9 Å². The monoisotopic (exact) mass is 382 g/mol. The number of benzene rings is 1. The number of nitrogens with one attached hydrogen (secondary N) is 1. The van der Waals surface area contributed by atoms with E-state index in [1.807, 2.05) is 43.5 Å². The first kappa shape index (κ1) is 17.3. The van der Waals surface area contributed by atoms with Gasteiger partial charge in [0.25, 0.3) is 5.91 Å². The first-order chi connectivity index (χ1) is 13.0. The molecule has 7 nitrogen and oxygen atoms in total. The van der Waals surface area contributed by atoms with Gasteiger partial charge in [-0.05, 0) is 26.0 Å². The Bertz CT molecular complexity index is 1130. The van der Waals surface area contributed by atoms with Gasteiger partial charge >= 0.3 is 0 Å². The van der Waals surface area contributed by atoms with Gasteiger partial charge in [-0.1, -0.05) is 12.1 Å². The molecule has 0 saturated carbocycles. The molecular weight excluding hydrogens is 364 g/mol. The largest absolute Gasteiger partial charge is 0.490 e. The highest BCUT2D eigenvalue weighted by Gasteiger charge is 2.17. The van der Waals surface area contributed by atoms with E-state index in [0.29, 0.717) is 40.2 Å². The number of nitrogens with zero attached hydrogens (tertiary/aromatic N) is 3. The molecule has 0 aliphatic carbocycles. The average Bonchev–Trinajstić information content (AvgIpc) is 3.33. The van der Waals surface area contributed by atoms with Gasteiger partial charge < -0.3 is 9.15 Å². The van der Waals surface area contributed by atoms with Gasteiger partial charge in [0.15, 0.2) is 27.9 Å². The van der Waals surface area contributed by atoms with Crippen LogP contribution in [0.15, 0.2) is 40.3 Å². The second-order valence-corrected chi connectivity index (χ2v) is 6.90. The molecule has 0 atom stereocenters. The number of hydrogen-bond acceptors (Lipinski definition) is 6. The number of rotatable bonds is 5. The second-order valence-electron chi connectivity index (χ2n) is 6.04. The molecule has 0 aliphatic heterocycles. The van der Waals surface area contributed by atoms with Crippen molar-refractivity contribution in [3.8, 4) is 17.2 Å². The van der Waals surface area contributed by atoms with Crippen LogP contribution in [0.25, 0.3) is 22.4 Å². The summed E-state index contributed by atoms with van der Waals surface area (Å²) in [6.45, 7) is 4.34. The Morgan fingerprint density at radius 3 is 3.00 bits per heavy atom. The molecule has 0 bridgehead atoms. The lowest BCUT2D eigenvalue weighted by Crippen LogP contribution is -2.13. The van der Waals surface area contributed by atoms with E-state index >= 15 is 0 Å². The van der Waals surface area contributed by atoms with E-state index in [-0.39, 0.29) is 5.91 Å². The second kappa shape index (κ2) is 6.88. The van der Waals surface area contributed by atoms with Crippen molar-refractivity contribution >= 4 is 33.3 Å². The number of amides is 1. The molecule has 0 fully saturated rings. The number of thiazole rings is 1. The summed E-state index contributed by atoms with van der Waals surface area (Å²) in [5.74, 6) is 1.05. The Balaban J connectivity index is 1.59. The molecule has 0 radical (unpaired) electrons. The zero-order valence-electron chi connectivity index (χ0n) is 15.1. The van der Waals surface area contributed by atoms with Crippen molar-refractivity contribution in [1.82, 2.24) is 14.8 Å². The van der Waals surface area contributed by atoms with Crippen molar-refractivity contribution in [2.24, 2.45) is 7.05 Å². The standard InChI is InChI=1S/C19H18N4O3S/c1-4-25-14-7-5-6-12-8-15(26-17(12)14)13-10-27-19(20-13)21-18(24)16-11(2)9-23(3)22-16/h5-10H,4H2,1-3H3,(H,20,21,24). The van der Waals surface area contributed by atoms with Gasteiger partial charge in [-0.2, -0.15) is 5.10 Å². The molecule has 3 heterocycles. The Labute approximate surface area is 159 Å². The fourth-order valence-corrected chi connectivity index (χ4v) is 3.56. The number of carbonyl (C=O) groups is 1. The average molecular weight is 382 g/mol. The highest BCUT2D eigenvalue weighted by Crippen LogP contribution is 2.34. The maximum Gasteiger partial charge on any atom is 0.278 e. The molecule has 1 aromatic carbocycles. The van der Waals surface area contributed by atoms with Crippen molar-refractivity contribution in [1.29, 1.82) is 0 Å². The SMILES string of the molecule is CCOc1cccc2cc(-c3csc(NC(=O)c4nn(C)cc4C)n3)oc12. The van der Waals surface area contributed by atoms with Crippen LogP contribution in [0, 0.1) is 6.92 Å². The Morgan fingerprint density at radius 1 is 1.41 bits per heavy atom. The molecule has 138 valence electrons. The van der Waals surface area contributed by atoms with Gasteiger partial charge in [-0.15, -0.1) is 11.3 Å². The summed E-state index contributed by atoms with van der Waals surface area (Å²) in [5.41, 5.74) is 2.55. The first-order valence-corrected chi connectivity index (χ1v) is 9.36. The molecule has 1 N–H and O–H groups in total. The van der Waals surface area contributed by atoms with E-state index in [1.54, 1.807) is 17.9 Å². The van der Waals surface area contributed by atoms with Crippen LogP contribution in [0.4, 0.5) is 5.13 Å². The van der Waals surface area contributed by atoms with E-state index in [9.17, 15) is 4.79 Å². The number of aryl methyl sites for hydroxylation is 2. The Hall–Kier alpha value is -3.13. The summed E-state index contributed by atoms with van der Waals surface area (Å²) >= 11 is 1.34. The number of ether oxygens (including phenoxy) is 1. The van der Waals surface area contributed by atoms with Gasteiger partial charge in [-0.3, -0.25) is 14.8 Å². The quantitative estimate of drug-likeness (QED) is 0.558. The van der Waals surface area contributed by atoms with Crippen LogP contribution >= 0.6 is 11.3 Å². The van der Waals surface area contributed by atoms with Gasteiger partial charge in [-0.25, -0.2) is 4.98 Å². The molecular formula is C19H18N4O3S. The van der Waals surface area contributed by atoms with Gasteiger partial charge in [0, 0.05) is 29.6 Å². The van der Waals surface area contributed by atoms with Crippen LogP contribution in [0.1, 0.15) is 23.0 Å². The third kappa shape index (κ3) is 3.31. The molecule has 4 rings (SSSR count). The number of para-hydroxylation sites is 1. The van der Waals surface area contributed by atoms with E-state index in [1.165, 1.54) is 11.3 Å². The third-order valence-electron chi connectivity index (χ3n) is 4.01. The van der Waals surface area contributed by atoms with Crippen molar-refractivity contribution in [3.63, 3.8) is 0 Å². The van der Waals surface area contributed by atoms with Crippen LogP contribution in [-0.2, 0) is 7.05 Å². The topological polar surface area (TPSA) is 82.2 Å². The number of furan rings is 1. The van der Waals surface area contributed by atoms with Crippen molar-refractivity contribution in [2.75, 3.05) is 11.9 Å². The van der Waals surface area contributed by atoms with Crippen LogP contribution in [-0.4, -0.2) is 27.3 Å². The highest BCUT2D eigenvalue weighted by atomic mass is 32.1. The van der Waals surface area contributed by atoms with E-state index in [4.69, 9.17) is 9.15 Å². The number of hydrogen-bond donors (Lipinski definition) is 1. The molecule has 4 aromatic rings. The molecule has 8 heteroatoms. The van der Waals surface area contributed by atoms with Gasteiger partial charge in [0.2, 0.25) is 0 Å². The molecule has 1 amide bonds. The van der Waals surface area contributed by atoms with E-state index < -0.39 is 0 Å². The van der Waals surface area contributed by atoms with Crippen LogP contribution in [0.2, 0.25) is 0 Å². The van der Waals surface area contributed by atoms with Crippen molar-refractivity contribution in [3.05, 3.63) is 47.1 Å². The lowest BCUT2D eigenvalue weighted by molar-refractivity contribution is 0.102. The minimum absolute atomic E-state index is 0.280. The zero-order chi connectivity index (χ0) is 19.0. The number of carbonyl (C=O) groups excluding carboxylic acids is 1. The van der Waals surface area contributed by atoms with Crippen LogP contribution < -0.4 is 10.1 Å². The minimum Gasteiger partial charge on any atom is -0.490 e. The summed E-state index contributed by atoms with van der Waals surface area (Å²) < 4.78 is 13.2. The molecule has 0 aliphatic rings. The molecule has 0 spiro atoms. The van der Waals surface area contributed by atoms with Crippen LogP contribution in [0.3, 0.4) is 0 Å². The summed E-state index contributed by atoms with van der Waals surface area (Å²) in [4.78, 5) is 16.9. The van der Waals surface area contributed by atoms with Crippen LogP contribution in [0.5, 0.6) is 5.75 Å². The molecule has 0 unspecified atom stereocenters. The molecule has 3 aromatic heterocycles. The van der Waals surface area contributed by atoms with Crippen molar-refractivity contribution < 1.29 is 13.9 Å². The minimum atomic E-state index is -0.280. The predicted octanol–water partition coefficient (Wildman–Crippen LogP) is 4.25. The number of anilines is 1. The predicted molar refractivity (Wildman–Crippen MR) is 104 cm³/mol. The Kier molecular flexibility index (Phi) is 4.41. The Morgan fingerprint density at radius 2 is 2.26 bits per heavy atom. The van der Waals surface area contributed by atoms with E-state index in [2.05, 4.69) is 15.4 Å². The summed E-state index contributed by atoms with van der Waals surface area (Å²) in [6.07, 6.45) is 1.80. The smallest absolute Gasteiger partial charge is 0.278 e. The van der Waals surface area contributed by atoms with Gasteiger partial charge in [0.1, 0.15) is 5.69 Å². The molecule has 27 heavy (non-hydrogen) atoms.